The van der Waals surface area contributed by atoms with Gasteiger partial charge in [-0.3, -0.25) is 4.79 Å². The molecule has 55 heavy (non-hydrogen) atoms. The van der Waals surface area contributed by atoms with Gasteiger partial charge >= 0.3 is 0 Å². The quantitative estimate of drug-likeness (QED) is 0.0507. The fraction of sp³-hybridized carbons (Fsp3) is 0.595. The van der Waals surface area contributed by atoms with Crippen LogP contribution in [-0.4, -0.2) is 148 Å². The molecule has 2 aromatic rings. The van der Waals surface area contributed by atoms with Crippen molar-refractivity contribution in [3.63, 3.8) is 0 Å². The fourth-order valence-corrected chi connectivity index (χ4v) is 5.48. The summed E-state index contributed by atoms with van der Waals surface area (Å²) in [6.45, 7) is -1.16. The van der Waals surface area contributed by atoms with Gasteiger partial charge in [-0.2, -0.15) is 0 Å². The Bertz CT molecular complexity index is 1390. The Kier molecular flexibility index (Phi) is 22.0. The molecule has 0 amide bonds. The normalized spacial score (nSPS) is 19.8. The monoisotopic (exact) mass is 786 g/mol. The van der Waals surface area contributed by atoms with Crippen LogP contribution >= 0.6 is 0 Å². The highest BCUT2D eigenvalue weighted by molar-refractivity contribution is 6.11. The average molecular weight is 787 g/mol. The van der Waals surface area contributed by atoms with Crippen molar-refractivity contribution in [3.8, 4) is 23.0 Å². The molecule has 0 aliphatic carbocycles. The molecule has 1 aliphatic heterocycles. The molecule has 0 radical (unpaired) electrons. The number of hydrogen-bond acceptors (Lipinski definition) is 18. The summed E-state index contributed by atoms with van der Waals surface area (Å²) in [7, 11) is 11.8. The zero-order chi connectivity index (χ0) is 39.8. The van der Waals surface area contributed by atoms with Crippen LogP contribution in [0.15, 0.2) is 36.4 Å². The fourth-order valence-electron chi connectivity index (χ4n) is 5.48. The van der Waals surface area contributed by atoms with Crippen LogP contribution in [0.25, 0.3) is 6.08 Å². The molecule has 1 heterocycles. The van der Waals surface area contributed by atoms with E-state index in [1.807, 2.05) is 0 Å². The van der Waals surface area contributed by atoms with Gasteiger partial charge in [0, 0.05) is 62.9 Å². The second-order valence-corrected chi connectivity index (χ2v) is 11.4. The summed E-state index contributed by atoms with van der Waals surface area (Å²) in [5, 5.41) is 0. The Morgan fingerprint density at radius 3 is 1.73 bits per heavy atom. The van der Waals surface area contributed by atoms with Crippen LogP contribution in [0.4, 0.5) is 0 Å². The summed E-state index contributed by atoms with van der Waals surface area (Å²) in [5.74, 6) is 0.308. The van der Waals surface area contributed by atoms with Crippen molar-refractivity contribution in [2.75, 3.05) is 118 Å². The Morgan fingerprint density at radius 1 is 0.600 bits per heavy atom. The van der Waals surface area contributed by atoms with Crippen molar-refractivity contribution in [3.05, 3.63) is 53.1 Å². The van der Waals surface area contributed by atoms with Gasteiger partial charge in [-0.15, -0.1) is 0 Å². The van der Waals surface area contributed by atoms with E-state index in [-0.39, 0.29) is 89.3 Å². The maximum atomic E-state index is 14.4. The molecule has 0 aromatic heterocycles. The molecule has 1 saturated heterocycles. The average Bonchev–Trinajstić information content (AvgIpc) is 3.20. The number of benzene rings is 2. The van der Waals surface area contributed by atoms with Crippen LogP contribution in [0.2, 0.25) is 0 Å². The van der Waals surface area contributed by atoms with E-state index in [0.29, 0.717) is 11.3 Å². The minimum Gasteiger partial charge on any atom is -0.468 e. The van der Waals surface area contributed by atoms with Crippen molar-refractivity contribution in [2.24, 2.45) is 0 Å². The van der Waals surface area contributed by atoms with Crippen LogP contribution in [-0.2, 0) is 61.6 Å². The minimum atomic E-state index is -1.12. The number of ether oxygens (including phenoxy) is 17. The van der Waals surface area contributed by atoms with E-state index in [1.165, 1.54) is 69.0 Å². The van der Waals surface area contributed by atoms with Crippen molar-refractivity contribution in [1.29, 1.82) is 0 Å². The first-order chi connectivity index (χ1) is 26.9. The summed E-state index contributed by atoms with van der Waals surface area (Å²) in [6, 6.07) is 8.59. The number of allylic oxidation sites excluding steroid dienone is 1. The largest absolute Gasteiger partial charge is 0.468 e. The predicted molar refractivity (Wildman–Crippen MR) is 192 cm³/mol. The maximum absolute atomic E-state index is 14.4. The molecule has 0 spiro atoms. The Balaban J connectivity index is 2.32. The molecule has 0 bridgehead atoms. The van der Waals surface area contributed by atoms with Crippen molar-refractivity contribution >= 4 is 11.9 Å². The van der Waals surface area contributed by atoms with Gasteiger partial charge in [0.05, 0.1) is 12.2 Å². The van der Waals surface area contributed by atoms with Crippen LogP contribution in [0.1, 0.15) is 27.6 Å². The summed E-state index contributed by atoms with van der Waals surface area (Å²) in [5.41, 5.74) is 0.933. The molecule has 3 rings (SSSR count). The maximum Gasteiger partial charge on any atom is 0.193 e. The number of methoxy groups -OCH3 is 8. The van der Waals surface area contributed by atoms with Gasteiger partial charge in [0.15, 0.2) is 33.0 Å². The lowest BCUT2D eigenvalue weighted by Crippen LogP contribution is -2.59. The highest BCUT2D eigenvalue weighted by Crippen LogP contribution is 2.49. The van der Waals surface area contributed by atoms with Gasteiger partial charge in [-0.05, 0) is 23.8 Å². The molecule has 310 valence electrons. The third-order valence-corrected chi connectivity index (χ3v) is 7.67. The Hall–Kier alpha value is -3.47. The van der Waals surface area contributed by atoms with Gasteiger partial charge in [-0.1, -0.05) is 18.2 Å². The zero-order valence-electron chi connectivity index (χ0n) is 32.6. The Labute approximate surface area is 321 Å². The van der Waals surface area contributed by atoms with Crippen molar-refractivity contribution < 1.29 is 85.3 Å². The lowest BCUT2D eigenvalue weighted by Gasteiger charge is -2.46. The van der Waals surface area contributed by atoms with E-state index in [4.69, 9.17) is 80.5 Å². The van der Waals surface area contributed by atoms with Gasteiger partial charge < -0.3 is 80.5 Å². The molecule has 5 atom stereocenters. The highest BCUT2D eigenvalue weighted by Gasteiger charge is 2.51. The van der Waals surface area contributed by atoms with Gasteiger partial charge in [-0.25, -0.2) is 0 Å². The summed E-state index contributed by atoms with van der Waals surface area (Å²) in [6.07, 6.45) is -1.73. The minimum absolute atomic E-state index is 0.00134. The molecular formula is C37H54O18. The molecular weight excluding hydrogens is 732 g/mol. The zero-order valence-corrected chi connectivity index (χ0v) is 32.6. The lowest BCUT2D eigenvalue weighted by atomic mass is 9.88. The first-order valence-corrected chi connectivity index (χ1v) is 17.0. The molecule has 0 N–H and O–H groups in total. The van der Waals surface area contributed by atoms with Gasteiger partial charge in [0.1, 0.15) is 86.3 Å². The summed E-state index contributed by atoms with van der Waals surface area (Å²) >= 11 is 0. The van der Waals surface area contributed by atoms with Crippen LogP contribution < -0.4 is 18.9 Å². The number of ketones is 1. The first kappa shape index (κ1) is 45.9. The molecule has 18 heteroatoms. The second-order valence-electron chi connectivity index (χ2n) is 11.4. The molecule has 0 saturated carbocycles. The van der Waals surface area contributed by atoms with E-state index in [0.717, 1.165) is 0 Å². The van der Waals surface area contributed by atoms with E-state index in [9.17, 15) is 4.79 Å². The standard InChI is InChI=1S/C37H54O18/c1-39-17-47-16-30-33(51-21-43-5)36(53-23-45-7)37(54-24-46-8)35(55-30)32-29(50-20-42-4)15-28(49-19-41-3)31(34(32)52-22-44-6)27(38)14-11-25-9-12-26(13-10-25)48-18-40-2/h9-15,30,33,35-37H,16-24H2,1-8H3/b14-11+/t30-,33-,35+,36+,37+/m1/s1. The van der Waals surface area contributed by atoms with Gasteiger partial charge in [0.2, 0.25) is 0 Å². The van der Waals surface area contributed by atoms with E-state index in [2.05, 4.69) is 0 Å². The lowest BCUT2D eigenvalue weighted by molar-refractivity contribution is -0.300. The second kappa shape index (κ2) is 26.4. The number of rotatable bonds is 29. The third kappa shape index (κ3) is 13.9. The van der Waals surface area contributed by atoms with E-state index in [1.54, 1.807) is 30.3 Å². The number of carbonyl (C=O) groups is 1. The van der Waals surface area contributed by atoms with Crippen LogP contribution in [0, 0.1) is 0 Å². The number of carbonyl (C=O) groups excluding carboxylic acids is 1. The number of hydrogen-bond donors (Lipinski definition) is 0. The van der Waals surface area contributed by atoms with E-state index >= 15 is 0 Å². The molecule has 18 nitrogen and oxygen atoms in total. The first-order valence-electron chi connectivity index (χ1n) is 17.0. The van der Waals surface area contributed by atoms with Crippen molar-refractivity contribution in [2.45, 2.75) is 30.5 Å². The molecule has 0 unspecified atom stereocenters. The van der Waals surface area contributed by atoms with Gasteiger partial charge in [0.25, 0.3) is 0 Å². The summed E-state index contributed by atoms with van der Waals surface area (Å²) < 4.78 is 96.9. The molecule has 1 fully saturated rings. The van der Waals surface area contributed by atoms with Crippen molar-refractivity contribution in [1.82, 2.24) is 0 Å². The SMILES string of the molecule is COCOC[C@H]1O[C@@H](c2c(OCOC)cc(OCOC)c(C(=O)/C=C/c3ccc(OCOC)cc3)c2OCOC)[C@H](OCOC)[C@@H](OCOC)[C@@H]1OCOC. The smallest absolute Gasteiger partial charge is 0.193 e. The van der Waals surface area contributed by atoms with E-state index < -0.39 is 36.3 Å². The highest BCUT2D eigenvalue weighted by atomic mass is 16.7. The van der Waals surface area contributed by atoms with Crippen LogP contribution in [0.3, 0.4) is 0 Å². The Morgan fingerprint density at radius 2 is 1.13 bits per heavy atom. The topological polar surface area (TPSA) is 174 Å². The molecule has 1 aliphatic rings. The third-order valence-electron chi connectivity index (χ3n) is 7.67. The molecule has 2 aromatic carbocycles. The predicted octanol–water partition coefficient (Wildman–Crippen LogP) is 3.54. The summed E-state index contributed by atoms with van der Waals surface area (Å²) in [4.78, 5) is 14.4. The van der Waals surface area contributed by atoms with Crippen LogP contribution in [0.5, 0.6) is 23.0 Å².